The first kappa shape index (κ1) is 24.3. The Balaban J connectivity index is 1.37. The lowest BCUT2D eigenvalue weighted by Crippen LogP contribution is -2.48. The third kappa shape index (κ3) is 5.61. The largest absolute Gasteiger partial charge is 0.411 e. The molecule has 0 bridgehead atoms. The van der Waals surface area contributed by atoms with Gasteiger partial charge in [-0.3, -0.25) is 9.52 Å². The number of anilines is 1. The van der Waals surface area contributed by atoms with Gasteiger partial charge in [-0.1, -0.05) is 29.5 Å². The van der Waals surface area contributed by atoms with E-state index < -0.39 is 10.0 Å². The molecule has 4 rings (SSSR count). The molecule has 10 heteroatoms. The zero-order chi connectivity index (χ0) is 24.3. The Hall–Kier alpha value is -2.85. The van der Waals surface area contributed by atoms with Gasteiger partial charge in [0, 0.05) is 23.3 Å². The van der Waals surface area contributed by atoms with E-state index in [1.807, 2.05) is 11.8 Å². The van der Waals surface area contributed by atoms with Gasteiger partial charge in [0.1, 0.15) is 0 Å². The summed E-state index contributed by atoms with van der Waals surface area (Å²) in [5, 5.41) is 8.43. The molecule has 3 aromatic rings. The van der Waals surface area contributed by atoms with E-state index in [0.717, 1.165) is 24.8 Å². The molecule has 0 aliphatic carbocycles. The Bertz CT molecular complexity index is 1230. The lowest BCUT2D eigenvalue weighted by atomic mass is 9.98. The molecule has 0 saturated carbocycles. The van der Waals surface area contributed by atoms with Crippen molar-refractivity contribution >= 4 is 33.4 Å². The summed E-state index contributed by atoms with van der Waals surface area (Å²) in [6.45, 7) is 6.08. The standard InChI is InChI=1S/C24H28N4O4S2/c1-16-7-13-21(14-8-16)34(30,31)27-20-11-9-19(10-12-20)23-25-26-24(32-23)33-15-22(29)28-17(2)5-4-6-18(28)3/h7-14,17-18,27H,4-6,15H2,1-3H3/t17-,18+. The Morgan fingerprint density at radius 3 is 2.35 bits per heavy atom. The van der Waals surface area contributed by atoms with Crippen LogP contribution >= 0.6 is 11.8 Å². The Kier molecular flexibility index (Phi) is 7.27. The second kappa shape index (κ2) is 10.2. The van der Waals surface area contributed by atoms with E-state index in [1.54, 1.807) is 48.5 Å². The summed E-state index contributed by atoms with van der Waals surface area (Å²) < 4.78 is 33.4. The van der Waals surface area contributed by atoms with Crippen LogP contribution in [0, 0.1) is 6.92 Å². The molecule has 2 aromatic carbocycles. The van der Waals surface area contributed by atoms with Crippen LogP contribution in [-0.4, -0.2) is 47.3 Å². The molecule has 34 heavy (non-hydrogen) atoms. The minimum atomic E-state index is -3.68. The molecule has 2 atom stereocenters. The van der Waals surface area contributed by atoms with Crippen LogP contribution in [0.3, 0.4) is 0 Å². The topological polar surface area (TPSA) is 105 Å². The van der Waals surface area contributed by atoms with Gasteiger partial charge in [-0.2, -0.15) is 0 Å². The zero-order valence-electron chi connectivity index (χ0n) is 19.4. The minimum absolute atomic E-state index is 0.0784. The second-order valence-electron chi connectivity index (χ2n) is 8.59. The van der Waals surface area contributed by atoms with Crippen LogP contribution in [0.2, 0.25) is 0 Å². The normalized spacial score (nSPS) is 18.6. The second-order valence-corrected chi connectivity index (χ2v) is 11.2. The van der Waals surface area contributed by atoms with Gasteiger partial charge in [0.05, 0.1) is 10.6 Å². The predicted molar refractivity (Wildman–Crippen MR) is 132 cm³/mol. The third-order valence-corrected chi connectivity index (χ3v) is 8.12. The monoisotopic (exact) mass is 500 g/mol. The number of piperidine rings is 1. The van der Waals surface area contributed by atoms with Crippen molar-refractivity contribution in [3.8, 4) is 11.5 Å². The summed E-state index contributed by atoms with van der Waals surface area (Å²) in [5.74, 6) is 0.632. The molecule has 0 unspecified atom stereocenters. The van der Waals surface area contributed by atoms with E-state index in [4.69, 9.17) is 4.42 Å². The summed E-state index contributed by atoms with van der Waals surface area (Å²) >= 11 is 1.23. The van der Waals surface area contributed by atoms with E-state index in [2.05, 4.69) is 28.8 Å². The van der Waals surface area contributed by atoms with Gasteiger partial charge in [-0.15, -0.1) is 10.2 Å². The van der Waals surface area contributed by atoms with Crippen LogP contribution in [0.4, 0.5) is 5.69 Å². The lowest BCUT2D eigenvalue weighted by Gasteiger charge is -2.39. The van der Waals surface area contributed by atoms with E-state index in [9.17, 15) is 13.2 Å². The summed E-state index contributed by atoms with van der Waals surface area (Å²) in [5.41, 5.74) is 2.07. The van der Waals surface area contributed by atoms with Crippen molar-refractivity contribution in [1.82, 2.24) is 15.1 Å². The first-order chi connectivity index (χ1) is 16.2. The number of hydrogen-bond donors (Lipinski definition) is 1. The molecular weight excluding hydrogens is 472 g/mol. The maximum Gasteiger partial charge on any atom is 0.277 e. The Morgan fingerprint density at radius 2 is 1.71 bits per heavy atom. The fourth-order valence-corrected chi connectivity index (χ4v) is 5.80. The van der Waals surface area contributed by atoms with Crippen molar-refractivity contribution in [1.29, 1.82) is 0 Å². The van der Waals surface area contributed by atoms with Crippen LogP contribution < -0.4 is 4.72 Å². The maximum atomic E-state index is 12.7. The Labute approximate surface area is 204 Å². The number of aromatic nitrogens is 2. The number of sulfonamides is 1. The highest BCUT2D eigenvalue weighted by atomic mass is 32.2. The summed E-state index contributed by atoms with van der Waals surface area (Å²) in [6, 6.07) is 13.8. The number of thioether (sulfide) groups is 1. The van der Waals surface area contributed by atoms with E-state index in [1.165, 1.54) is 11.8 Å². The average Bonchev–Trinajstić information content (AvgIpc) is 3.27. The molecule has 1 aliphatic heterocycles. The summed E-state index contributed by atoms with van der Waals surface area (Å²) in [4.78, 5) is 14.9. The van der Waals surface area contributed by atoms with E-state index >= 15 is 0 Å². The number of rotatable bonds is 7. The Morgan fingerprint density at radius 1 is 1.06 bits per heavy atom. The van der Waals surface area contributed by atoms with Gasteiger partial charge in [-0.25, -0.2) is 8.42 Å². The molecule has 0 radical (unpaired) electrons. The molecule has 0 spiro atoms. The van der Waals surface area contributed by atoms with Crippen LogP contribution in [0.5, 0.6) is 0 Å². The maximum absolute atomic E-state index is 12.7. The SMILES string of the molecule is Cc1ccc(S(=O)(=O)Nc2ccc(-c3nnc(SCC(=O)N4[C@H](C)CCC[C@@H]4C)o3)cc2)cc1. The lowest BCUT2D eigenvalue weighted by molar-refractivity contribution is -0.134. The van der Waals surface area contributed by atoms with Crippen LogP contribution in [0.15, 0.2) is 63.1 Å². The van der Waals surface area contributed by atoms with Crippen molar-refractivity contribution in [2.45, 2.75) is 62.2 Å². The predicted octanol–water partition coefficient (Wildman–Crippen LogP) is 4.73. The van der Waals surface area contributed by atoms with Crippen molar-refractivity contribution in [2.24, 2.45) is 0 Å². The molecule has 8 nitrogen and oxygen atoms in total. The van der Waals surface area contributed by atoms with Crippen molar-refractivity contribution in [3.05, 3.63) is 54.1 Å². The first-order valence-corrected chi connectivity index (χ1v) is 13.7. The number of nitrogens with zero attached hydrogens (tertiary/aromatic N) is 3. The number of aryl methyl sites for hydroxylation is 1. The highest BCUT2D eigenvalue weighted by Crippen LogP contribution is 2.27. The third-order valence-electron chi connectivity index (χ3n) is 5.92. The van der Waals surface area contributed by atoms with Crippen LogP contribution in [-0.2, 0) is 14.8 Å². The van der Waals surface area contributed by atoms with Gasteiger partial charge in [0.15, 0.2) is 0 Å². The molecule has 1 N–H and O–H groups in total. The number of benzene rings is 2. The summed E-state index contributed by atoms with van der Waals surface area (Å²) in [7, 11) is -3.68. The van der Waals surface area contributed by atoms with Gasteiger partial charge in [0.25, 0.3) is 15.2 Å². The van der Waals surface area contributed by atoms with Gasteiger partial charge in [-0.05, 0) is 76.4 Å². The molecule has 180 valence electrons. The molecule has 1 aliphatic rings. The number of carbonyl (C=O) groups excluding carboxylic acids is 1. The number of amides is 1. The van der Waals surface area contributed by atoms with Crippen molar-refractivity contribution in [3.63, 3.8) is 0 Å². The molecule has 1 amide bonds. The number of likely N-dealkylation sites (tertiary alicyclic amines) is 1. The molecule has 2 heterocycles. The number of nitrogens with one attached hydrogen (secondary N) is 1. The minimum Gasteiger partial charge on any atom is -0.411 e. The fraction of sp³-hybridized carbons (Fsp3) is 0.375. The molecule has 1 aromatic heterocycles. The first-order valence-electron chi connectivity index (χ1n) is 11.2. The zero-order valence-corrected chi connectivity index (χ0v) is 21.0. The van der Waals surface area contributed by atoms with E-state index in [-0.39, 0.29) is 28.6 Å². The molecular formula is C24H28N4O4S2. The highest BCUT2D eigenvalue weighted by molar-refractivity contribution is 7.99. The number of hydrogen-bond acceptors (Lipinski definition) is 7. The van der Waals surface area contributed by atoms with Crippen LogP contribution in [0.25, 0.3) is 11.5 Å². The number of carbonyl (C=O) groups is 1. The molecule has 1 fully saturated rings. The summed E-state index contributed by atoms with van der Waals surface area (Å²) in [6.07, 6.45) is 3.21. The van der Waals surface area contributed by atoms with Crippen molar-refractivity contribution < 1.29 is 17.6 Å². The van der Waals surface area contributed by atoms with Gasteiger partial charge in [0.2, 0.25) is 11.8 Å². The quantitative estimate of drug-likeness (QED) is 0.468. The average molecular weight is 501 g/mol. The van der Waals surface area contributed by atoms with Crippen LogP contribution in [0.1, 0.15) is 38.7 Å². The highest BCUT2D eigenvalue weighted by Gasteiger charge is 2.29. The smallest absolute Gasteiger partial charge is 0.277 e. The van der Waals surface area contributed by atoms with Gasteiger partial charge < -0.3 is 9.32 Å². The fourth-order valence-electron chi connectivity index (χ4n) is 4.11. The van der Waals surface area contributed by atoms with Gasteiger partial charge >= 0.3 is 0 Å². The van der Waals surface area contributed by atoms with Crippen molar-refractivity contribution in [2.75, 3.05) is 10.5 Å². The molecule has 1 saturated heterocycles. The van der Waals surface area contributed by atoms with E-state index in [0.29, 0.717) is 22.4 Å².